The summed E-state index contributed by atoms with van der Waals surface area (Å²) in [5.41, 5.74) is 4.88. The van der Waals surface area contributed by atoms with Crippen LogP contribution in [0.15, 0.2) is 18.2 Å². The summed E-state index contributed by atoms with van der Waals surface area (Å²) in [6.07, 6.45) is -3.94. The average Bonchev–Trinajstić information content (AvgIpc) is 2.26. The average molecular weight is 249 g/mol. The van der Waals surface area contributed by atoms with Gasteiger partial charge >= 0.3 is 6.18 Å². The number of hydrogen-bond acceptors (Lipinski definition) is 1. The number of halogens is 4. The summed E-state index contributed by atoms with van der Waals surface area (Å²) in [4.78, 5) is 0. The first-order chi connectivity index (χ1) is 7.77. The first kappa shape index (κ1) is 14.0. The molecule has 0 fully saturated rings. The van der Waals surface area contributed by atoms with Gasteiger partial charge in [-0.15, -0.1) is 0 Å². The maximum Gasteiger partial charge on any atom is 0.419 e. The third kappa shape index (κ3) is 3.19. The first-order valence-electron chi connectivity index (χ1n) is 5.39. The fourth-order valence-corrected chi connectivity index (χ4v) is 1.55. The number of nitrogens with two attached hydrogens (primary N) is 1. The van der Waals surface area contributed by atoms with E-state index >= 15 is 0 Å². The van der Waals surface area contributed by atoms with Gasteiger partial charge in [0, 0.05) is 6.04 Å². The second kappa shape index (κ2) is 5.04. The molecule has 1 aromatic carbocycles. The van der Waals surface area contributed by atoms with Gasteiger partial charge < -0.3 is 5.73 Å². The lowest BCUT2D eigenvalue weighted by atomic mass is 9.92. The van der Waals surface area contributed by atoms with E-state index in [2.05, 4.69) is 0 Å². The van der Waals surface area contributed by atoms with Crippen LogP contribution in [0.5, 0.6) is 0 Å². The molecule has 2 N–H and O–H groups in total. The van der Waals surface area contributed by atoms with Crippen LogP contribution in [-0.4, -0.2) is 0 Å². The summed E-state index contributed by atoms with van der Waals surface area (Å²) >= 11 is 0. The van der Waals surface area contributed by atoms with Gasteiger partial charge in [-0.2, -0.15) is 13.2 Å². The molecule has 0 amide bonds. The fraction of sp³-hybridized carbons (Fsp3) is 0.500. The Labute approximate surface area is 97.6 Å². The highest BCUT2D eigenvalue weighted by atomic mass is 19.4. The van der Waals surface area contributed by atoms with Gasteiger partial charge in [-0.05, 0) is 23.6 Å². The van der Waals surface area contributed by atoms with Crippen molar-refractivity contribution in [3.63, 3.8) is 0 Å². The topological polar surface area (TPSA) is 26.0 Å². The molecule has 0 spiro atoms. The van der Waals surface area contributed by atoms with E-state index in [4.69, 9.17) is 5.73 Å². The first-order valence-corrected chi connectivity index (χ1v) is 5.39. The van der Waals surface area contributed by atoms with Crippen molar-refractivity contribution in [1.29, 1.82) is 0 Å². The predicted octanol–water partition coefficient (Wildman–Crippen LogP) is 3.89. The summed E-state index contributed by atoms with van der Waals surface area (Å²) in [5, 5.41) is 0. The Morgan fingerprint density at radius 2 is 1.88 bits per heavy atom. The van der Waals surface area contributed by atoms with Crippen molar-refractivity contribution < 1.29 is 17.6 Å². The molecule has 1 rings (SSSR count). The van der Waals surface area contributed by atoms with E-state index in [1.54, 1.807) is 0 Å². The molecule has 2 atom stereocenters. The Balaban J connectivity index is 3.13. The highest BCUT2D eigenvalue weighted by Gasteiger charge is 2.34. The van der Waals surface area contributed by atoms with Crippen LogP contribution in [0.2, 0.25) is 0 Å². The molecule has 0 aliphatic rings. The van der Waals surface area contributed by atoms with Crippen molar-refractivity contribution in [3.05, 3.63) is 35.1 Å². The minimum Gasteiger partial charge on any atom is -0.324 e. The Morgan fingerprint density at radius 1 is 1.29 bits per heavy atom. The molecule has 5 heteroatoms. The summed E-state index contributed by atoms with van der Waals surface area (Å²) in [6.45, 7) is 3.75. The second-order valence-corrected chi connectivity index (χ2v) is 4.15. The van der Waals surface area contributed by atoms with E-state index in [9.17, 15) is 17.6 Å². The Kier molecular flexibility index (Phi) is 4.14. The molecular weight excluding hydrogens is 234 g/mol. The van der Waals surface area contributed by atoms with Crippen molar-refractivity contribution in [2.24, 2.45) is 11.7 Å². The highest BCUT2D eigenvalue weighted by Crippen LogP contribution is 2.33. The fourth-order valence-electron chi connectivity index (χ4n) is 1.55. The zero-order valence-electron chi connectivity index (χ0n) is 9.68. The Hall–Kier alpha value is -1.10. The molecule has 1 aromatic rings. The lowest BCUT2D eigenvalue weighted by Crippen LogP contribution is -2.20. The van der Waals surface area contributed by atoms with Crippen LogP contribution in [0.1, 0.15) is 37.4 Å². The van der Waals surface area contributed by atoms with Gasteiger partial charge in [-0.3, -0.25) is 0 Å². The van der Waals surface area contributed by atoms with Crippen LogP contribution >= 0.6 is 0 Å². The standard InChI is InChI=1S/C12H15F4N/c1-3-7(2)11(17)8-4-5-10(13)9(6-8)12(14,15)16/h4-7,11H,3,17H2,1-2H3/t7?,11-/m0/s1. The lowest BCUT2D eigenvalue weighted by molar-refractivity contribution is -0.140. The number of benzene rings is 1. The normalized spacial score (nSPS) is 15.7. The highest BCUT2D eigenvalue weighted by molar-refractivity contribution is 5.29. The molecular formula is C12H15F4N. The van der Waals surface area contributed by atoms with Crippen molar-refractivity contribution in [2.75, 3.05) is 0 Å². The Morgan fingerprint density at radius 3 is 2.35 bits per heavy atom. The van der Waals surface area contributed by atoms with Crippen molar-refractivity contribution in [2.45, 2.75) is 32.5 Å². The molecule has 1 nitrogen and oxygen atoms in total. The van der Waals surface area contributed by atoms with E-state index in [0.717, 1.165) is 18.6 Å². The molecule has 0 bridgehead atoms. The number of rotatable bonds is 3. The summed E-state index contributed by atoms with van der Waals surface area (Å²) in [5.74, 6) is -1.22. The largest absolute Gasteiger partial charge is 0.419 e. The summed E-state index contributed by atoms with van der Waals surface area (Å²) in [7, 11) is 0. The molecule has 0 aliphatic heterocycles. The molecule has 1 unspecified atom stereocenters. The molecule has 96 valence electrons. The minimum atomic E-state index is -4.69. The van der Waals surface area contributed by atoms with Crippen molar-refractivity contribution in [1.82, 2.24) is 0 Å². The predicted molar refractivity (Wildman–Crippen MR) is 57.8 cm³/mol. The van der Waals surface area contributed by atoms with Gasteiger partial charge in [-0.25, -0.2) is 4.39 Å². The van der Waals surface area contributed by atoms with Crippen LogP contribution in [-0.2, 0) is 6.18 Å². The molecule has 0 radical (unpaired) electrons. The van der Waals surface area contributed by atoms with Gasteiger partial charge in [0.15, 0.2) is 0 Å². The summed E-state index contributed by atoms with van der Waals surface area (Å²) in [6, 6.07) is 2.41. The lowest BCUT2D eigenvalue weighted by Gasteiger charge is -2.20. The third-order valence-corrected chi connectivity index (χ3v) is 2.94. The minimum absolute atomic E-state index is 0.0431. The van der Waals surface area contributed by atoms with Crippen molar-refractivity contribution >= 4 is 0 Å². The van der Waals surface area contributed by atoms with E-state index in [1.807, 2.05) is 13.8 Å². The van der Waals surface area contributed by atoms with E-state index in [0.29, 0.717) is 5.56 Å². The van der Waals surface area contributed by atoms with Crippen LogP contribution < -0.4 is 5.73 Å². The van der Waals surface area contributed by atoms with Crippen LogP contribution in [0.3, 0.4) is 0 Å². The molecule has 0 heterocycles. The molecule has 17 heavy (non-hydrogen) atoms. The maximum atomic E-state index is 13.1. The van der Waals surface area contributed by atoms with Crippen LogP contribution in [0.25, 0.3) is 0 Å². The molecule has 0 aromatic heterocycles. The SMILES string of the molecule is CCC(C)[C@H](N)c1ccc(F)c(C(F)(F)F)c1. The number of hydrogen-bond donors (Lipinski definition) is 1. The maximum absolute atomic E-state index is 13.1. The van der Waals surface area contributed by atoms with E-state index < -0.39 is 23.6 Å². The smallest absolute Gasteiger partial charge is 0.324 e. The molecule has 0 saturated heterocycles. The van der Waals surface area contributed by atoms with Gasteiger partial charge in [0.2, 0.25) is 0 Å². The van der Waals surface area contributed by atoms with Gasteiger partial charge in [0.1, 0.15) is 5.82 Å². The summed E-state index contributed by atoms with van der Waals surface area (Å²) < 4.78 is 50.5. The zero-order chi connectivity index (χ0) is 13.2. The van der Waals surface area contributed by atoms with Crippen molar-refractivity contribution in [3.8, 4) is 0 Å². The van der Waals surface area contributed by atoms with Gasteiger partial charge in [0.05, 0.1) is 5.56 Å². The molecule has 0 aliphatic carbocycles. The van der Waals surface area contributed by atoms with E-state index in [-0.39, 0.29) is 5.92 Å². The Bertz CT molecular complexity index is 387. The van der Waals surface area contributed by atoms with Crippen LogP contribution in [0, 0.1) is 11.7 Å². The third-order valence-electron chi connectivity index (χ3n) is 2.94. The quantitative estimate of drug-likeness (QED) is 0.808. The number of alkyl halides is 3. The van der Waals surface area contributed by atoms with E-state index in [1.165, 1.54) is 6.07 Å². The van der Waals surface area contributed by atoms with Gasteiger partial charge in [-0.1, -0.05) is 26.3 Å². The van der Waals surface area contributed by atoms with Gasteiger partial charge in [0.25, 0.3) is 0 Å². The monoisotopic (exact) mass is 249 g/mol. The zero-order valence-corrected chi connectivity index (χ0v) is 9.68. The molecule has 0 saturated carbocycles. The van der Waals surface area contributed by atoms with Crippen LogP contribution in [0.4, 0.5) is 17.6 Å². The second-order valence-electron chi connectivity index (χ2n) is 4.15.